The highest BCUT2D eigenvalue weighted by Crippen LogP contribution is 2.40. The second-order valence-corrected chi connectivity index (χ2v) is 9.73. The van der Waals surface area contributed by atoms with E-state index in [2.05, 4.69) is 10.3 Å². The van der Waals surface area contributed by atoms with Crippen molar-refractivity contribution < 1.29 is 19.4 Å². The highest BCUT2D eigenvalue weighted by molar-refractivity contribution is 6.30. The molecule has 1 unspecified atom stereocenters. The van der Waals surface area contributed by atoms with Gasteiger partial charge in [0.2, 0.25) is 0 Å². The number of halogens is 1. The topological polar surface area (TPSA) is 101 Å². The summed E-state index contributed by atoms with van der Waals surface area (Å²) in [7, 11) is 2.97. The van der Waals surface area contributed by atoms with Gasteiger partial charge in [-0.15, -0.1) is 0 Å². The SMILES string of the molecule is COc1cc2[nH]c(=O)c(C(=O)C(Cc3ccc(Cl)cc3)Nc3ccc4ccccc4c3)c(O)c2c(C)c1OC. The van der Waals surface area contributed by atoms with Gasteiger partial charge in [0.15, 0.2) is 17.3 Å². The van der Waals surface area contributed by atoms with Crippen molar-refractivity contribution in [1.82, 2.24) is 4.98 Å². The summed E-state index contributed by atoms with van der Waals surface area (Å²) >= 11 is 6.07. The van der Waals surface area contributed by atoms with Crippen molar-refractivity contribution in [2.45, 2.75) is 19.4 Å². The molecule has 198 valence electrons. The molecule has 39 heavy (non-hydrogen) atoms. The molecule has 4 aromatic carbocycles. The van der Waals surface area contributed by atoms with Crippen molar-refractivity contribution in [1.29, 1.82) is 0 Å². The first-order valence-electron chi connectivity index (χ1n) is 12.3. The average Bonchev–Trinajstić information content (AvgIpc) is 2.93. The Morgan fingerprint density at radius 3 is 2.41 bits per heavy atom. The summed E-state index contributed by atoms with van der Waals surface area (Å²) in [5.74, 6) is -0.153. The van der Waals surface area contributed by atoms with Gasteiger partial charge in [-0.05, 0) is 47.5 Å². The van der Waals surface area contributed by atoms with Crippen LogP contribution in [0.3, 0.4) is 0 Å². The number of carbonyl (C=O) groups excluding carboxylic acids is 1. The molecule has 5 aromatic rings. The van der Waals surface area contributed by atoms with Crippen molar-refractivity contribution in [2.24, 2.45) is 0 Å². The van der Waals surface area contributed by atoms with Gasteiger partial charge in [-0.3, -0.25) is 9.59 Å². The molecule has 1 aromatic heterocycles. The number of pyridine rings is 1. The number of carbonyl (C=O) groups is 1. The lowest BCUT2D eigenvalue weighted by atomic mass is 9.95. The van der Waals surface area contributed by atoms with Gasteiger partial charge < -0.3 is 24.9 Å². The molecular formula is C31H27ClN2O5. The molecule has 0 saturated carbocycles. The van der Waals surface area contributed by atoms with Crippen LogP contribution in [0.1, 0.15) is 21.5 Å². The minimum absolute atomic E-state index is 0.255. The summed E-state index contributed by atoms with van der Waals surface area (Å²) in [5, 5.41) is 17.6. The molecule has 0 aliphatic rings. The number of rotatable bonds is 8. The molecule has 0 radical (unpaired) electrons. The molecule has 0 saturated heterocycles. The number of ether oxygens (including phenoxy) is 2. The number of aromatic hydroxyl groups is 1. The maximum absolute atomic E-state index is 14.0. The first kappa shape index (κ1) is 26.1. The smallest absolute Gasteiger partial charge is 0.263 e. The van der Waals surface area contributed by atoms with E-state index in [4.69, 9.17) is 21.1 Å². The molecule has 0 bridgehead atoms. The summed E-state index contributed by atoms with van der Waals surface area (Å²) in [5.41, 5.74) is 1.39. The summed E-state index contributed by atoms with van der Waals surface area (Å²) < 4.78 is 10.9. The molecule has 3 N–H and O–H groups in total. The zero-order valence-electron chi connectivity index (χ0n) is 21.7. The van der Waals surface area contributed by atoms with Gasteiger partial charge in [-0.1, -0.05) is 54.1 Å². The summed E-state index contributed by atoms with van der Waals surface area (Å²) in [6, 6.07) is 21.6. The third-order valence-electron chi connectivity index (χ3n) is 6.86. The Bertz CT molecular complexity index is 1760. The number of hydrogen-bond donors (Lipinski definition) is 3. The fourth-order valence-electron chi connectivity index (χ4n) is 4.94. The molecule has 0 spiro atoms. The zero-order valence-corrected chi connectivity index (χ0v) is 22.4. The van der Waals surface area contributed by atoms with Crippen LogP contribution in [-0.2, 0) is 6.42 Å². The lowest BCUT2D eigenvalue weighted by molar-refractivity contribution is 0.0965. The van der Waals surface area contributed by atoms with E-state index in [1.54, 1.807) is 25.1 Å². The quantitative estimate of drug-likeness (QED) is 0.200. The Morgan fingerprint density at radius 1 is 1.00 bits per heavy atom. The van der Waals surface area contributed by atoms with Crippen molar-refractivity contribution in [3.63, 3.8) is 0 Å². The Labute approximate surface area is 230 Å². The van der Waals surface area contributed by atoms with E-state index in [1.165, 1.54) is 14.2 Å². The van der Waals surface area contributed by atoms with Crippen molar-refractivity contribution in [3.05, 3.63) is 105 Å². The standard InChI is InChI=1S/C31H27ClN2O5/c1-17-26-23(16-25(38-2)30(17)39-3)34-31(37)27(29(26)36)28(35)24(14-18-8-11-21(32)12-9-18)33-22-13-10-19-6-4-5-7-20(19)15-22/h4-13,15-16,24,33H,14H2,1-3H3,(H2,34,36,37). The van der Waals surface area contributed by atoms with E-state index in [-0.39, 0.29) is 12.0 Å². The van der Waals surface area contributed by atoms with Crippen LogP contribution in [0.5, 0.6) is 17.2 Å². The molecular weight excluding hydrogens is 516 g/mol. The van der Waals surface area contributed by atoms with Crippen LogP contribution in [0.4, 0.5) is 5.69 Å². The van der Waals surface area contributed by atoms with Gasteiger partial charge in [0.25, 0.3) is 5.56 Å². The van der Waals surface area contributed by atoms with E-state index in [0.29, 0.717) is 38.7 Å². The summed E-state index contributed by atoms with van der Waals surface area (Å²) in [6.07, 6.45) is 0.255. The monoisotopic (exact) mass is 542 g/mol. The molecule has 8 heteroatoms. The first-order chi connectivity index (χ1) is 18.8. The normalized spacial score (nSPS) is 11.9. The molecule has 0 aliphatic carbocycles. The van der Waals surface area contributed by atoms with Crippen LogP contribution in [0.25, 0.3) is 21.7 Å². The number of fused-ring (bicyclic) bond motifs is 2. The fraction of sp³-hybridized carbons (Fsp3) is 0.161. The third-order valence-corrected chi connectivity index (χ3v) is 7.12. The van der Waals surface area contributed by atoms with Gasteiger partial charge in [0, 0.05) is 34.1 Å². The number of benzene rings is 4. The van der Waals surface area contributed by atoms with Crippen molar-refractivity contribution in [3.8, 4) is 17.2 Å². The maximum atomic E-state index is 14.0. The minimum Gasteiger partial charge on any atom is -0.506 e. The second kappa shape index (κ2) is 10.7. The molecule has 7 nitrogen and oxygen atoms in total. The molecule has 1 heterocycles. The van der Waals surface area contributed by atoms with Crippen LogP contribution < -0.4 is 20.3 Å². The number of Topliss-reactive ketones (excluding diaryl/α,β-unsaturated/α-hetero) is 1. The number of hydrogen-bond acceptors (Lipinski definition) is 6. The zero-order chi connectivity index (χ0) is 27.7. The largest absolute Gasteiger partial charge is 0.506 e. The van der Waals surface area contributed by atoms with Crippen LogP contribution in [0.15, 0.2) is 77.6 Å². The molecule has 0 fully saturated rings. The van der Waals surface area contributed by atoms with Crippen LogP contribution in [0.2, 0.25) is 5.02 Å². The number of nitrogens with one attached hydrogen (secondary N) is 2. The number of aromatic amines is 1. The molecule has 0 aliphatic heterocycles. The lowest BCUT2D eigenvalue weighted by Gasteiger charge is -2.21. The number of aryl methyl sites for hydroxylation is 1. The van der Waals surface area contributed by atoms with Gasteiger partial charge in [0.1, 0.15) is 11.3 Å². The summed E-state index contributed by atoms with van der Waals surface area (Å²) in [6.45, 7) is 1.73. The second-order valence-electron chi connectivity index (χ2n) is 9.29. The van der Waals surface area contributed by atoms with E-state index in [0.717, 1.165) is 16.3 Å². The lowest BCUT2D eigenvalue weighted by Crippen LogP contribution is -2.35. The molecule has 0 amide bonds. The number of ketones is 1. The van der Waals surface area contributed by atoms with E-state index < -0.39 is 23.1 Å². The molecule has 1 atom stereocenters. The number of anilines is 1. The van der Waals surface area contributed by atoms with Gasteiger partial charge in [-0.25, -0.2) is 0 Å². The highest BCUT2D eigenvalue weighted by Gasteiger charge is 2.29. The first-order valence-corrected chi connectivity index (χ1v) is 12.7. The average molecular weight is 543 g/mol. The van der Waals surface area contributed by atoms with Gasteiger partial charge in [0.05, 0.1) is 25.8 Å². The Morgan fingerprint density at radius 2 is 1.72 bits per heavy atom. The minimum atomic E-state index is -0.864. The van der Waals surface area contributed by atoms with Gasteiger partial charge >= 0.3 is 0 Å². The van der Waals surface area contributed by atoms with Crippen LogP contribution in [0, 0.1) is 6.92 Å². The van der Waals surface area contributed by atoms with Crippen LogP contribution >= 0.6 is 11.6 Å². The predicted molar refractivity (Wildman–Crippen MR) is 155 cm³/mol. The number of aromatic nitrogens is 1. The Kier molecular flexibility index (Phi) is 7.17. The number of H-pyrrole nitrogens is 1. The molecule has 5 rings (SSSR count). The number of methoxy groups -OCH3 is 2. The Hall–Kier alpha value is -4.49. The maximum Gasteiger partial charge on any atom is 0.263 e. The van der Waals surface area contributed by atoms with E-state index in [1.807, 2.05) is 54.6 Å². The van der Waals surface area contributed by atoms with E-state index in [9.17, 15) is 14.7 Å². The highest BCUT2D eigenvalue weighted by atomic mass is 35.5. The fourth-order valence-corrected chi connectivity index (χ4v) is 5.07. The van der Waals surface area contributed by atoms with Crippen molar-refractivity contribution in [2.75, 3.05) is 19.5 Å². The predicted octanol–water partition coefficient (Wildman–Crippen LogP) is 6.27. The third kappa shape index (κ3) is 5.01. The van der Waals surface area contributed by atoms with Crippen molar-refractivity contribution >= 4 is 44.7 Å². The van der Waals surface area contributed by atoms with Crippen LogP contribution in [-0.4, -0.2) is 36.1 Å². The van der Waals surface area contributed by atoms with Gasteiger partial charge in [-0.2, -0.15) is 0 Å². The summed E-state index contributed by atoms with van der Waals surface area (Å²) in [4.78, 5) is 30.0. The Balaban J connectivity index is 1.62. The van der Waals surface area contributed by atoms with E-state index >= 15 is 0 Å².